The summed E-state index contributed by atoms with van der Waals surface area (Å²) >= 11 is 6.13. The Morgan fingerprint density at radius 3 is 2.80 bits per heavy atom. The first-order valence-corrected chi connectivity index (χ1v) is 9.69. The van der Waals surface area contributed by atoms with Crippen molar-refractivity contribution in [2.24, 2.45) is 11.8 Å². The molecule has 2 rings (SSSR count). The fourth-order valence-electron chi connectivity index (χ4n) is 2.88. The van der Waals surface area contributed by atoms with Crippen LogP contribution in [0.25, 0.3) is 0 Å². The van der Waals surface area contributed by atoms with E-state index in [2.05, 4.69) is 30.0 Å². The van der Waals surface area contributed by atoms with Crippen LogP contribution < -0.4 is 16.2 Å². The normalized spacial score (nSPS) is 23.0. The van der Waals surface area contributed by atoms with E-state index < -0.39 is 11.6 Å². The fourth-order valence-corrected chi connectivity index (χ4v) is 3.85. The Bertz CT molecular complexity index is 630. The second-order valence-corrected chi connectivity index (χ2v) is 7.81. The topological polar surface area (TPSA) is 53.2 Å². The molecule has 1 fully saturated rings. The predicted molar refractivity (Wildman–Crippen MR) is 100 cm³/mol. The number of carbonyl (C=O) groups is 1. The van der Waals surface area contributed by atoms with Crippen LogP contribution in [0.5, 0.6) is 0 Å². The van der Waals surface area contributed by atoms with E-state index in [1.165, 1.54) is 6.42 Å². The fraction of sp³-hybridized carbons (Fsp3) is 0.529. The monoisotopic (exact) mass is 387 g/mol. The quantitative estimate of drug-likeness (QED) is 0.420. The first kappa shape index (κ1) is 19.9. The van der Waals surface area contributed by atoms with E-state index in [4.69, 9.17) is 12.2 Å². The molecule has 0 saturated heterocycles. The van der Waals surface area contributed by atoms with Gasteiger partial charge in [0.15, 0.2) is 5.11 Å². The number of benzene rings is 1. The molecule has 3 atom stereocenters. The average Bonchev–Trinajstić information content (AvgIpc) is 2.58. The molecule has 0 radical (unpaired) electrons. The van der Waals surface area contributed by atoms with Crippen molar-refractivity contribution in [2.75, 3.05) is 5.75 Å². The van der Waals surface area contributed by atoms with Gasteiger partial charge < -0.3 is 5.32 Å². The van der Waals surface area contributed by atoms with E-state index in [0.717, 1.165) is 42.8 Å². The molecule has 0 aliphatic heterocycles. The molecule has 1 amide bonds. The molecule has 0 aromatic heterocycles. The number of amides is 1. The molecule has 0 bridgehead atoms. The van der Waals surface area contributed by atoms with Gasteiger partial charge in [0.05, 0.1) is 5.75 Å². The molecule has 0 spiro atoms. The largest absolute Gasteiger partial charge is 0.358 e. The first-order chi connectivity index (χ1) is 11.9. The summed E-state index contributed by atoms with van der Waals surface area (Å²) in [5.41, 5.74) is 5.14. The summed E-state index contributed by atoms with van der Waals surface area (Å²) < 4.78 is 26.6. The number of hydrogen-bond acceptors (Lipinski definition) is 3. The Morgan fingerprint density at radius 2 is 2.04 bits per heavy atom. The molecule has 25 heavy (non-hydrogen) atoms. The lowest BCUT2D eigenvalue weighted by molar-refractivity contribution is -0.119. The molecule has 4 nitrogen and oxygen atoms in total. The smallest absolute Gasteiger partial charge is 0.248 e. The van der Waals surface area contributed by atoms with Gasteiger partial charge in [0.25, 0.3) is 0 Å². The van der Waals surface area contributed by atoms with Crippen LogP contribution in [0.2, 0.25) is 0 Å². The highest BCUT2D eigenvalue weighted by atomic mass is 32.2. The zero-order chi connectivity index (χ0) is 18.4. The summed E-state index contributed by atoms with van der Waals surface area (Å²) in [6.07, 6.45) is 3.44. The summed E-state index contributed by atoms with van der Waals surface area (Å²) in [6, 6.07) is 3.44. The molecule has 3 N–H and O–H groups in total. The zero-order valence-corrected chi connectivity index (χ0v) is 15.9. The van der Waals surface area contributed by atoms with Crippen LogP contribution in [0.3, 0.4) is 0 Å². The molecule has 1 aliphatic rings. The Labute approximate surface area is 156 Å². The Morgan fingerprint density at radius 1 is 1.28 bits per heavy atom. The maximum absolute atomic E-state index is 13.5. The van der Waals surface area contributed by atoms with Crippen molar-refractivity contribution < 1.29 is 13.6 Å². The van der Waals surface area contributed by atoms with Crippen molar-refractivity contribution in [1.29, 1.82) is 0 Å². The summed E-state index contributed by atoms with van der Waals surface area (Å²) in [5.74, 6) is -0.361. The third kappa shape index (κ3) is 6.11. The number of hydrogen-bond donors (Lipinski definition) is 3. The molecule has 1 aromatic carbocycles. The minimum Gasteiger partial charge on any atom is -0.358 e. The highest BCUT2D eigenvalue weighted by Gasteiger charge is 2.27. The Hall–Kier alpha value is -1.41. The van der Waals surface area contributed by atoms with Crippen molar-refractivity contribution in [2.45, 2.75) is 44.0 Å². The van der Waals surface area contributed by atoms with E-state index in [1.54, 1.807) is 0 Å². The molecular weight excluding hydrogens is 364 g/mol. The third-order valence-corrected chi connectivity index (χ3v) is 5.84. The third-order valence-electron chi connectivity index (χ3n) is 4.59. The van der Waals surface area contributed by atoms with Gasteiger partial charge in [0, 0.05) is 10.9 Å². The first-order valence-electron chi connectivity index (χ1n) is 8.30. The van der Waals surface area contributed by atoms with Crippen molar-refractivity contribution in [3.8, 4) is 0 Å². The second kappa shape index (κ2) is 9.33. The molecule has 1 aromatic rings. The number of carbonyl (C=O) groups excluding carboxylic acids is 1. The molecule has 1 aliphatic carbocycles. The highest BCUT2D eigenvalue weighted by Crippen LogP contribution is 2.29. The molecule has 0 heterocycles. The van der Waals surface area contributed by atoms with Gasteiger partial charge in [-0.15, -0.1) is 11.8 Å². The molecule has 0 unspecified atom stereocenters. The number of hydrazine groups is 1. The lowest BCUT2D eigenvalue weighted by atomic mass is 9.78. The predicted octanol–water partition coefficient (Wildman–Crippen LogP) is 3.38. The van der Waals surface area contributed by atoms with Gasteiger partial charge in [-0.25, -0.2) is 8.78 Å². The number of nitrogens with one attached hydrogen (secondary N) is 3. The van der Waals surface area contributed by atoms with Gasteiger partial charge in [0.2, 0.25) is 5.91 Å². The van der Waals surface area contributed by atoms with E-state index in [0.29, 0.717) is 16.9 Å². The maximum atomic E-state index is 13.5. The molecule has 138 valence electrons. The number of rotatable bonds is 4. The zero-order valence-electron chi connectivity index (χ0n) is 14.3. The maximum Gasteiger partial charge on any atom is 0.248 e. The van der Waals surface area contributed by atoms with E-state index in [9.17, 15) is 13.6 Å². The summed E-state index contributed by atoms with van der Waals surface area (Å²) in [6.45, 7) is 4.44. The summed E-state index contributed by atoms with van der Waals surface area (Å²) in [7, 11) is 0. The van der Waals surface area contributed by atoms with Crippen molar-refractivity contribution in [3.63, 3.8) is 0 Å². The van der Waals surface area contributed by atoms with Gasteiger partial charge >= 0.3 is 0 Å². The average molecular weight is 388 g/mol. The number of halogens is 2. The van der Waals surface area contributed by atoms with Gasteiger partial charge in [-0.2, -0.15) is 0 Å². The molecular formula is C17H23F2N3OS2. The molecule has 1 saturated carbocycles. The second-order valence-electron chi connectivity index (χ2n) is 6.38. The van der Waals surface area contributed by atoms with Gasteiger partial charge in [-0.3, -0.25) is 15.6 Å². The van der Waals surface area contributed by atoms with Crippen molar-refractivity contribution >= 4 is 35.0 Å². The lowest BCUT2D eigenvalue weighted by Gasteiger charge is -2.35. The van der Waals surface area contributed by atoms with E-state index in [-0.39, 0.29) is 22.6 Å². The van der Waals surface area contributed by atoms with Gasteiger partial charge in [0.1, 0.15) is 11.6 Å². The van der Waals surface area contributed by atoms with Crippen LogP contribution in [-0.2, 0) is 4.79 Å². The Kier molecular flexibility index (Phi) is 7.43. The lowest BCUT2D eigenvalue weighted by Crippen LogP contribution is -2.52. The van der Waals surface area contributed by atoms with E-state index in [1.807, 2.05) is 0 Å². The van der Waals surface area contributed by atoms with E-state index >= 15 is 0 Å². The highest BCUT2D eigenvalue weighted by molar-refractivity contribution is 8.00. The van der Waals surface area contributed by atoms with Crippen LogP contribution in [0.15, 0.2) is 23.1 Å². The van der Waals surface area contributed by atoms with Crippen LogP contribution in [0, 0.1) is 23.5 Å². The number of thiocarbonyl (C=S) groups is 1. The van der Waals surface area contributed by atoms with Crippen LogP contribution >= 0.6 is 24.0 Å². The minimum absolute atomic E-state index is 0.0488. The summed E-state index contributed by atoms with van der Waals surface area (Å²) in [4.78, 5) is 11.9. The SMILES string of the molecule is C[C@@H]1[C@H](C)CCC[C@H]1NC(=S)NNC(=O)CSc1cc(F)ccc1F. The minimum atomic E-state index is -0.551. The Balaban J connectivity index is 1.72. The van der Waals surface area contributed by atoms with Crippen molar-refractivity contribution in [3.05, 3.63) is 29.8 Å². The van der Waals surface area contributed by atoms with Crippen LogP contribution in [0.4, 0.5) is 8.78 Å². The van der Waals surface area contributed by atoms with Crippen LogP contribution in [-0.4, -0.2) is 22.8 Å². The van der Waals surface area contributed by atoms with Gasteiger partial charge in [-0.05, 0) is 48.7 Å². The number of thioether (sulfide) groups is 1. The molecule has 8 heteroatoms. The van der Waals surface area contributed by atoms with Crippen molar-refractivity contribution in [1.82, 2.24) is 16.2 Å². The summed E-state index contributed by atoms with van der Waals surface area (Å²) in [5, 5.41) is 3.60. The van der Waals surface area contributed by atoms with Crippen LogP contribution in [0.1, 0.15) is 33.1 Å². The van der Waals surface area contributed by atoms with Gasteiger partial charge in [-0.1, -0.05) is 26.7 Å². The standard InChI is InChI=1S/C17H23F2N3OS2/c1-10-4-3-5-14(11(10)2)20-17(24)22-21-16(23)9-25-15-8-12(18)6-7-13(15)19/h6-8,10-11,14H,3-5,9H2,1-2H3,(H,21,23)(H2,20,22,24)/t10-,11-,14-/m1/s1.